The minimum absolute atomic E-state index is 1.02. The third-order valence-corrected chi connectivity index (χ3v) is 3.65. The average molecular weight is 417 g/mol. The summed E-state index contributed by atoms with van der Waals surface area (Å²) in [5.74, 6) is 0. The Balaban J connectivity index is 0.000000445. The van der Waals surface area contributed by atoms with Crippen LogP contribution in [-0.4, -0.2) is 9.97 Å². The van der Waals surface area contributed by atoms with Crippen molar-refractivity contribution >= 4 is 7.81 Å². The molecule has 10 heteroatoms. The molecule has 156 valence electrons. The summed E-state index contributed by atoms with van der Waals surface area (Å²) in [4.78, 5) is 7.30. The van der Waals surface area contributed by atoms with Crippen LogP contribution in [0.5, 0.6) is 0 Å². The molecule has 0 saturated carbocycles. The molecule has 3 nitrogen and oxygen atoms in total. The van der Waals surface area contributed by atoms with E-state index in [1.165, 1.54) is 35.5 Å². The van der Waals surface area contributed by atoms with Gasteiger partial charge in [0.1, 0.15) is 0 Å². The van der Waals surface area contributed by atoms with Crippen LogP contribution in [0.4, 0.5) is 25.2 Å². The summed E-state index contributed by atoms with van der Waals surface area (Å²) in [5.41, 5.74) is 5.53. The van der Waals surface area contributed by atoms with E-state index in [4.69, 9.17) is 0 Å². The zero-order chi connectivity index (χ0) is 20.8. The van der Waals surface area contributed by atoms with Gasteiger partial charge in [0.2, 0.25) is 0 Å². The fourth-order valence-electron chi connectivity index (χ4n) is 2.77. The number of aromatic nitrogens is 3. The number of aryl methyl sites for hydroxylation is 4. The quantitative estimate of drug-likeness (QED) is 0.310. The van der Waals surface area contributed by atoms with E-state index in [1.807, 2.05) is 6.20 Å². The SMILES string of the molecule is CCCc1cc(C)cc(CCC)[n+]1CCc1cnc[nH]1.F[P-](F)(F)(F)(F)F. The Morgan fingerprint density at radius 2 is 1.41 bits per heavy atom. The fourth-order valence-corrected chi connectivity index (χ4v) is 2.77. The van der Waals surface area contributed by atoms with Crippen LogP contribution in [0.3, 0.4) is 0 Å². The summed E-state index contributed by atoms with van der Waals surface area (Å²) in [7, 11) is -10.7. The van der Waals surface area contributed by atoms with Crippen molar-refractivity contribution in [1.82, 2.24) is 9.97 Å². The van der Waals surface area contributed by atoms with Crippen LogP contribution in [0.1, 0.15) is 49.3 Å². The van der Waals surface area contributed by atoms with Gasteiger partial charge in [-0.25, -0.2) is 4.98 Å². The maximum absolute atomic E-state index is 10.7. The Hall–Kier alpha value is -1.63. The summed E-state index contributed by atoms with van der Waals surface area (Å²) < 4.78 is 61.7. The van der Waals surface area contributed by atoms with Crippen molar-refractivity contribution in [1.29, 1.82) is 0 Å². The zero-order valence-electron chi connectivity index (χ0n) is 15.7. The number of halogens is 6. The third kappa shape index (κ3) is 11.6. The van der Waals surface area contributed by atoms with E-state index in [0.717, 1.165) is 25.8 Å². The van der Waals surface area contributed by atoms with E-state index in [0.29, 0.717) is 0 Å². The van der Waals surface area contributed by atoms with Crippen molar-refractivity contribution in [3.8, 4) is 0 Å². The molecule has 0 saturated heterocycles. The number of hydrogen-bond acceptors (Lipinski definition) is 1. The van der Waals surface area contributed by atoms with Crippen molar-refractivity contribution in [3.63, 3.8) is 0 Å². The molecule has 0 fully saturated rings. The molecule has 1 N–H and O–H groups in total. The number of aromatic amines is 1. The fraction of sp³-hybridized carbons (Fsp3) is 0.529. The van der Waals surface area contributed by atoms with Gasteiger partial charge in [0.25, 0.3) is 0 Å². The zero-order valence-corrected chi connectivity index (χ0v) is 16.6. The molecule has 27 heavy (non-hydrogen) atoms. The van der Waals surface area contributed by atoms with Crippen LogP contribution in [0.2, 0.25) is 0 Å². The Bertz CT molecular complexity index is 688. The molecule has 0 aromatic carbocycles. The standard InChI is InChI=1S/C17H26N3.F6P/c1-4-6-16-10-14(3)11-17(7-5-2)20(16)9-8-15-12-18-13-19-15;1-7(2,3,4,5)6/h10-13H,4-9H2,1-3H3,(H,18,19);/q+1;-1. The molecule has 0 radical (unpaired) electrons. The number of nitrogens with one attached hydrogen (secondary N) is 1. The summed E-state index contributed by atoms with van der Waals surface area (Å²) in [6.07, 6.45) is 9.39. The Morgan fingerprint density at radius 1 is 0.926 bits per heavy atom. The molecule has 0 unspecified atom stereocenters. The van der Waals surface area contributed by atoms with Gasteiger partial charge in [-0.2, -0.15) is 4.57 Å². The van der Waals surface area contributed by atoms with Crippen LogP contribution in [0, 0.1) is 6.92 Å². The Labute approximate surface area is 155 Å². The molecule has 0 aliphatic carbocycles. The molecule has 0 aliphatic heterocycles. The Kier molecular flexibility index (Phi) is 7.08. The number of H-pyrrole nitrogens is 1. The van der Waals surface area contributed by atoms with Crippen LogP contribution in [-0.2, 0) is 25.8 Å². The molecular weight excluding hydrogens is 391 g/mol. The first-order valence-corrected chi connectivity index (χ1v) is 10.8. The van der Waals surface area contributed by atoms with Gasteiger partial charge in [0.15, 0.2) is 17.9 Å². The predicted octanol–water partition coefficient (Wildman–Crippen LogP) is 6.54. The van der Waals surface area contributed by atoms with E-state index in [2.05, 4.69) is 47.4 Å². The van der Waals surface area contributed by atoms with E-state index in [9.17, 15) is 25.2 Å². The Morgan fingerprint density at radius 3 is 1.78 bits per heavy atom. The molecule has 0 spiro atoms. The topological polar surface area (TPSA) is 32.6 Å². The monoisotopic (exact) mass is 417 g/mol. The number of imidazole rings is 1. The van der Waals surface area contributed by atoms with Gasteiger partial charge >= 0.3 is 33.0 Å². The van der Waals surface area contributed by atoms with E-state index < -0.39 is 7.81 Å². The molecule has 0 aliphatic rings. The van der Waals surface area contributed by atoms with Gasteiger partial charge in [0, 0.05) is 43.3 Å². The van der Waals surface area contributed by atoms with Crippen LogP contribution < -0.4 is 4.57 Å². The van der Waals surface area contributed by atoms with Gasteiger partial charge in [-0.1, -0.05) is 13.8 Å². The maximum atomic E-state index is 9.87. The van der Waals surface area contributed by atoms with Gasteiger partial charge in [-0.05, 0) is 25.3 Å². The van der Waals surface area contributed by atoms with Crippen LogP contribution in [0.15, 0.2) is 24.7 Å². The van der Waals surface area contributed by atoms with Crippen LogP contribution >= 0.6 is 7.81 Å². The second kappa shape index (κ2) is 8.17. The molecule has 0 bridgehead atoms. The van der Waals surface area contributed by atoms with E-state index in [1.54, 1.807) is 6.33 Å². The molecule has 2 rings (SSSR count). The van der Waals surface area contributed by atoms with Crippen molar-refractivity contribution in [2.24, 2.45) is 0 Å². The van der Waals surface area contributed by atoms with Crippen molar-refractivity contribution in [3.05, 3.63) is 47.3 Å². The predicted molar refractivity (Wildman–Crippen MR) is 95.2 cm³/mol. The van der Waals surface area contributed by atoms with Gasteiger partial charge in [-0.3, -0.25) is 0 Å². The average Bonchev–Trinajstić information content (AvgIpc) is 2.97. The summed E-state index contributed by atoms with van der Waals surface area (Å²) in [5, 5.41) is 0. The van der Waals surface area contributed by atoms with Crippen LogP contribution in [0.25, 0.3) is 0 Å². The molecular formula is C17H26F6N3P. The van der Waals surface area contributed by atoms with E-state index >= 15 is 0 Å². The first-order chi connectivity index (χ1) is 12.2. The summed E-state index contributed by atoms with van der Waals surface area (Å²) >= 11 is 0. The molecule has 0 atom stereocenters. The number of nitrogens with zero attached hydrogens (tertiary/aromatic N) is 2. The number of pyridine rings is 1. The van der Waals surface area contributed by atoms with Crippen molar-refractivity contribution in [2.45, 2.75) is 59.4 Å². The summed E-state index contributed by atoms with van der Waals surface area (Å²) in [6, 6.07) is 4.69. The first kappa shape index (κ1) is 23.4. The van der Waals surface area contributed by atoms with Gasteiger partial charge in [0.05, 0.1) is 6.33 Å². The van der Waals surface area contributed by atoms with Crippen molar-refractivity contribution < 1.29 is 29.7 Å². The third-order valence-electron chi connectivity index (χ3n) is 3.65. The van der Waals surface area contributed by atoms with Gasteiger partial charge < -0.3 is 4.98 Å². The van der Waals surface area contributed by atoms with Crippen molar-refractivity contribution in [2.75, 3.05) is 0 Å². The normalized spacial score (nSPS) is 14.1. The second-order valence-corrected chi connectivity index (χ2v) is 8.37. The van der Waals surface area contributed by atoms with Gasteiger partial charge in [-0.15, -0.1) is 0 Å². The molecule has 0 amide bonds. The molecule has 2 heterocycles. The number of rotatable bonds is 7. The first-order valence-electron chi connectivity index (χ1n) is 8.75. The molecule has 2 aromatic rings. The number of hydrogen-bond donors (Lipinski definition) is 1. The second-order valence-electron chi connectivity index (χ2n) is 6.45. The minimum atomic E-state index is -10.7. The summed E-state index contributed by atoms with van der Waals surface area (Å²) in [6.45, 7) is 7.74. The molecule has 2 aromatic heterocycles. The van der Waals surface area contributed by atoms with E-state index in [-0.39, 0.29) is 0 Å².